The van der Waals surface area contributed by atoms with E-state index >= 15 is 0 Å². The molecule has 1 rings (SSSR count). The number of nitrogens with one attached hydrogen (secondary N) is 1. The average Bonchev–Trinajstić information content (AvgIpc) is 2.27. The lowest BCUT2D eigenvalue weighted by Crippen LogP contribution is -2.36. The molecule has 0 aromatic heterocycles. The summed E-state index contributed by atoms with van der Waals surface area (Å²) in [6.45, 7) is 2.00. The first-order valence-corrected chi connectivity index (χ1v) is 4.66. The summed E-state index contributed by atoms with van der Waals surface area (Å²) in [5, 5.41) is 2.60. The molecular weight excluding hydrogens is 176 g/mol. The van der Waals surface area contributed by atoms with E-state index in [0.717, 1.165) is 5.56 Å². The second-order valence-corrected chi connectivity index (χ2v) is 3.25. The standard InChI is InChI=1S/C11H16N2O/c1-9(13(3)11(14)12-2)10-7-5-4-6-8-10/h4-9H,1-3H3,(H,12,14). The molecule has 14 heavy (non-hydrogen) atoms. The predicted molar refractivity (Wildman–Crippen MR) is 57.1 cm³/mol. The summed E-state index contributed by atoms with van der Waals surface area (Å²) in [5.74, 6) is 0. The zero-order valence-electron chi connectivity index (χ0n) is 8.82. The van der Waals surface area contributed by atoms with Crippen molar-refractivity contribution in [2.24, 2.45) is 0 Å². The highest BCUT2D eigenvalue weighted by Crippen LogP contribution is 2.17. The lowest BCUT2D eigenvalue weighted by atomic mass is 10.1. The number of nitrogens with zero attached hydrogens (tertiary/aromatic N) is 1. The van der Waals surface area contributed by atoms with Gasteiger partial charge in [0.2, 0.25) is 0 Å². The van der Waals surface area contributed by atoms with Crippen LogP contribution in [0.4, 0.5) is 4.79 Å². The minimum absolute atomic E-state index is 0.0682. The van der Waals surface area contributed by atoms with Gasteiger partial charge < -0.3 is 10.2 Å². The van der Waals surface area contributed by atoms with Crippen LogP contribution in [0.3, 0.4) is 0 Å². The van der Waals surface area contributed by atoms with Gasteiger partial charge in [-0.05, 0) is 12.5 Å². The fourth-order valence-electron chi connectivity index (χ4n) is 1.31. The Balaban J connectivity index is 2.75. The Hall–Kier alpha value is -1.51. The molecule has 0 heterocycles. The van der Waals surface area contributed by atoms with Gasteiger partial charge in [0, 0.05) is 14.1 Å². The second-order valence-electron chi connectivity index (χ2n) is 3.25. The number of hydrogen-bond acceptors (Lipinski definition) is 1. The van der Waals surface area contributed by atoms with Gasteiger partial charge in [-0.1, -0.05) is 30.3 Å². The molecule has 1 aromatic carbocycles. The number of benzene rings is 1. The molecule has 0 saturated carbocycles. The molecular formula is C11H16N2O. The van der Waals surface area contributed by atoms with Crippen molar-refractivity contribution < 1.29 is 4.79 Å². The van der Waals surface area contributed by atoms with Gasteiger partial charge in [0.1, 0.15) is 0 Å². The molecule has 1 aromatic rings. The van der Waals surface area contributed by atoms with Crippen LogP contribution in [0.2, 0.25) is 0 Å². The van der Waals surface area contributed by atoms with Gasteiger partial charge in [0.25, 0.3) is 0 Å². The second kappa shape index (κ2) is 4.65. The highest BCUT2D eigenvalue weighted by Gasteiger charge is 2.14. The molecule has 0 spiro atoms. The van der Waals surface area contributed by atoms with Gasteiger partial charge >= 0.3 is 6.03 Å². The Labute approximate surface area is 84.7 Å². The van der Waals surface area contributed by atoms with Crippen molar-refractivity contribution in [3.05, 3.63) is 35.9 Å². The highest BCUT2D eigenvalue weighted by atomic mass is 16.2. The molecule has 2 amide bonds. The van der Waals surface area contributed by atoms with Crippen molar-refractivity contribution in [1.29, 1.82) is 0 Å². The summed E-state index contributed by atoms with van der Waals surface area (Å²) < 4.78 is 0. The molecule has 76 valence electrons. The Morgan fingerprint density at radius 3 is 2.43 bits per heavy atom. The fraction of sp³-hybridized carbons (Fsp3) is 0.364. The molecule has 0 aliphatic carbocycles. The third kappa shape index (κ3) is 2.25. The molecule has 0 saturated heterocycles. The van der Waals surface area contributed by atoms with E-state index in [1.807, 2.05) is 37.3 Å². The Morgan fingerprint density at radius 1 is 1.36 bits per heavy atom. The Morgan fingerprint density at radius 2 is 1.93 bits per heavy atom. The molecule has 0 aliphatic heterocycles. The zero-order chi connectivity index (χ0) is 10.6. The molecule has 0 bridgehead atoms. The Kier molecular flexibility index (Phi) is 3.51. The van der Waals surface area contributed by atoms with E-state index in [0.29, 0.717) is 0 Å². The predicted octanol–water partition coefficient (Wildman–Crippen LogP) is 2.02. The van der Waals surface area contributed by atoms with Crippen molar-refractivity contribution in [3.63, 3.8) is 0 Å². The average molecular weight is 192 g/mol. The third-order valence-corrected chi connectivity index (χ3v) is 2.40. The number of carbonyl (C=O) groups is 1. The summed E-state index contributed by atoms with van der Waals surface area (Å²) in [6, 6.07) is 9.98. The maximum Gasteiger partial charge on any atom is 0.317 e. The van der Waals surface area contributed by atoms with Crippen LogP contribution in [0.5, 0.6) is 0 Å². The summed E-state index contributed by atoms with van der Waals surface area (Å²) in [4.78, 5) is 13.0. The molecule has 0 radical (unpaired) electrons. The van der Waals surface area contributed by atoms with Crippen molar-refractivity contribution >= 4 is 6.03 Å². The summed E-state index contributed by atoms with van der Waals surface area (Å²) in [7, 11) is 3.42. The van der Waals surface area contributed by atoms with E-state index in [-0.39, 0.29) is 12.1 Å². The summed E-state index contributed by atoms with van der Waals surface area (Å²) in [6.07, 6.45) is 0. The van der Waals surface area contributed by atoms with Crippen LogP contribution in [0.1, 0.15) is 18.5 Å². The molecule has 3 heteroatoms. The first-order valence-electron chi connectivity index (χ1n) is 4.66. The minimum Gasteiger partial charge on any atom is -0.341 e. The highest BCUT2D eigenvalue weighted by molar-refractivity contribution is 5.73. The van der Waals surface area contributed by atoms with Crippen molar-refractivity contribution in [2.45, 2.75) is 13.0 Å². The molecule has 0 aliphatic rings. The lowest BCUT2D eigenvalue weighted by Gasteiger charge is -2.24. The maximum absolute atomic E-state index is 11.3. The minimum atomic E-state index is -0.0682. The van der Waals surface area contributed by atoms with Crippen LogP contribution in [0, 0.1) is 0 Å². The normalized spacial score (nSPS) is 11.9. The van der Waals surface area contributed by atoms with Crippen LogP contribution in [0.25, 0.3) is 0 Å². The first kappa shape index (κ1) is 10.6. The SMILES string of the molecule is CNC(=O)N(C)C(C)c1ccccc1. The molecule has 1 unspecified atom stereocenters. The van der Waals surface area contributed by atoms with Gasteiger partial charge in [0.15, 0.2) is 0 Å². The molecule has 0 fully saturated rings. The lowest BCUT2D eigenvalue weighted by molar-refractivity contribution is 0.197. The van der Waals surface area contributed by atoms with E-state index in [1.54, 1.807) is 19.0 Å². The van der Waals surface area contributed by atoms with E-state index in [1.165, 1.54) is 0 Å². The van der Waals surface area contributed by atoms with E-state index in [4.69, 9.17) is 0 Å². The quantitative estimate of drug-likeness (QED) is 0.764. The maximum atomic E-state index is 11.3. The topological polar surface area (TPSA) is 32.3 Å². The van der Waals surface area contributed by atoms with Crippen LogP contribution in [-0.4, -0.2) is 25.0 Å². The monoisotopic (exact) mass is 192 g/mol. The van der Waals surface area contributed by atoms with Gasteiger partial charge in [-0.2, -0.15) is 0 Å². The van der Waals surface area contributed by atoms with Crippen LogP contribution in [-0.2, 0) is 0 Å². The van der Waals surface area contributed by atoms with Crippen molar-refractivity contribution in [1.82, 2.24) is 10.2 Å². The summed E-state index contributed by atoms with van der Waals surface area (Å²) >= 11 is 0. The number of hydrogen-bond donors (Lipinski definition) is 1. The first-order chi connectivity index (χ1) is 6.66. The third-order valence-electron chi connectivity index (χ3n) is 2.40. The van der Waals surface area contributed by atoms with Crippen LogP contribution >= 0.6 is 0 Å². The smallest absolute Gasteiger partial charge is 0.317 e. The zero-order valence-corrected chi connectivity index (χ0v) is 8.82. The summed E-state index contributed by atoms with van der Waals surface area (Å²) in [5.41, 5.74) is 1.14. The molecule has 1 N–H and O–H groups in total. The number of carbonyl (C=O) groups excluding carboxylic acids is 1. The van der Waals surface area contributed by atoms with E-state index in [9.17, 15) is 4.79 Å². The number of rotatable bonds is 2. The van der Waals surface area contributed by atoms with Crippen LogP contribution in [0.15, 0.2) is 30.3 Å². The molecule has 3 nitrogen and oxygen atoms in total. The largest absolute Gasteiger partial charge is 0.341 e. The number of urea groups is 1. The molecule has 1 atom stereocenters. The van der Waals surface area contributed by atoms with E-state index < -0.39 is 0 Å². The van der Waals surface area contributed by atoms with Crippen molar-refractivity contribution in [2.75, 3.05) is 14.1 Å². The van der Waals surface area contributed by atoms with Gasteiger partial charge in [-0.15, -0.1) is 0 Å². The van der Waals surface area contributed by atoms with Crippen LogP contribution < -0.4 is 5.32 Å². The Bertz CT molecular complexity index is 297. The van der Waals surface area contributed by atoms with Gasteiger partial charge in [-0.25, -0.2) is 4.79 Å². The fourth-order valence-corrected chi connectivity index (χ4v) is 1.31. The van der Waals surface area contributed by atoms with E-state index in [2.05, 4.69) is 5.32 Å². The van der Waals surface area contributed by atoms with Gasteiger partial charge in [0.05, 0.1) is 6.04 Å². The van der Waals surface area contributed by atoms with Crippen molar-refractivity contribution in [3.8, 4) is 0 Å². The number of amides is 2. The van der Waals surface area contributed by atoms with Gasteiger partial charge in [-0.3, -0.25) is 0 Å².